The van der Waals surface area contributed by atoms with Gasteiger partial charge in [-0.15, -0.1) is 0 Å². The third-order valence-electron chi connectivity index (χ3n) is 4.47. The summed E-state index contributed by atoms with van der Waals surface area (Å²) in [7, 11) is 7.24. The van der Waals surface area contributed by atoms with Crippen LogP contribution in [0.1, 0.15) is 17.5 Å². The van der Waals surface area contributed by atoms with Crippen LogP contribution in [0.3, 0.4) is 0 Å². The van der Waals surface area contributed by atoms with E-state index >= 15 is 0 Å². The number of nitrogens with one attached hydrogen (secondary N) is 2. The fourth-order valence-electron chi connectivity index (χ4n) is 2.93. The number of hydrogen-bond donors (Lipinski definition) is 2. The van der Waals surface area contributed by atoms with Gasteiger partial charge >= 0.3 is 0 Å². The predicted octanol–water partition coefficient (Wildman–Crippen LogP) is 2.89. The first-order chi connectivity index (χ1) is 13.7. The Bertz CT molecular complexity index is 735. The molecule has 28 heavy (non-hydrogen) atoms. The van der Waals surface area contributed by atoms with Crippen LogP contribution in [0.15, 0.2) is 53.5 Å². The molecule has 0 amide bonds. The molecule has 2 N–H and O–H groups in total. The average Bonchev–Trinajstić information content (AvgIpc) is 2.73. The van der Waals surface area contributed by atoms with E-state index in [0.717, 1.165) is 49.1 Å². The minimum absolute atomic E-state index is 0.626. The van der Waals surface area contributed by atoms with Gasteiger partial charge in [-0.25, -0.2) is 0 Å². The molecule has 6 nitrogen and oxygen atoms in total. The van der Waals surface area contributed by atoms with Crippen LogP contribution in [0.25, 0.3) is 0 Å². The van der Waals surface area contributed by atoms with Gasteiger partial charge in [-0.05, 0) is 37.7 Å². The smallest absolute Gasteiger partial charge is 0.191 e. The molecule has 0 bridgehead atoms. The van der Waals surface area contributed by atoms with E-state index in [1.165, 1.54) is 5.56 Å². The van der Waals surface area contributed by atoms with Gasteiger partial charge in [0.2, 0.25) is 0 Å². The molecular formula is C22H32N4O2. The van der Waals surface area contributed by atoms with Gasteiger partial charge in [-0.3, -0.25) is 4.99 Å². The number of guanidine groups is 1. The molecule has 0 aliphatic heterocycles. The van der Waals surface area contributed by atoms with Crippen molar-refractivity contribution in [2.45, 2.75) is 19.5 Å². The lowest BCUT2D eigenvalue weighted by Crippen LogP contribution is -2.38. The Balaban J connectivity index is 1.71. The average molecular weight is 385 g/mol. The summed E-state index contributed by atoms with van der Waals surface area (Å²) in [6.45, 7) is 3.47. The molecule has 0 aliphatic carbocycles. The summed E-state index contributed by atoms with van der Waals surface area (Å²) >= 11 is 0. The largest absolute Gasteiger partial charge is 0.497 e. The van der Waals surface area contributed by atoms with E-state index in [9.17, 15) is 0 Å². The second-order valence-corrected chi connectivity index (χ2v) is 6.61. The topological polar surface area (TPSA) is 58.1 Å². The van der Waals surface area contributed by atoms with Crippen molar-refractivity contribution in [1.82, 2.24) is 15.5 Å². The molecule has 0 spiro atoms. The lowest BCUT2D eigenvalue weighted by Gasteiger charge is -2.18. The Morgan fingerprint density at radius 2 is 1.82 bits per heavy atom. The van der Waals surface area contributed by atoms with Crippen LogP contribution in [-0.4, -0.2) is 52.3 Å². The van der Waals surface area contributed by atoms with Crippen molar-refractivity contribution in [2.75, 3.05) is 41.4 Å². The van der Waals surface area contributed by atoms with Crippen molar-refractivity contribution in [2.24, 2.45) is 4.99 Å². The summed E-state index contributed by atoms with van der Waals surface area (Å²) in [6, 6.07) is 16.3. The highest BCUT2D eigenvalue weighted by molar-refractivity contribution is 5.79. The fourth-order valence-corrected chi connectivity index (χ4v) is 2.93. The first-order valence-electron chi connectivity index (χ1n) is 9.54. The quantitative estimate of drug-likeness (QED) is 0.375. The Hall–Kier alpha value is -2.73. The third-order valence-corrected chi connectivity index (χ3v) is 4.47. The number of methoxy groups -OCH3 is 2. The molecule has 0 atom stereocenters. The lowest BCUT2D eigenvalue weighted by molar-refractivity contribution is 0.322. The Labute approximate surface area is 168 Å². The molecule has 0 saturated carbocycles. The maximum Gasteiger partial charge on any atom is 0.191 e. The highest BCUT2D eigenvalue weighted by Gasteiger charge is 2.06. The summed E-state index contributed by atoms with van der Waals surface area (Å²) in [4.78, 5) is 6.62. The monoisotopic (exact) mass is 384 g/mol. The number of aliphatic imine (C=N–C) groups is 1. The van der Waals surface area contributed by atoms with Gasteiger partial charge in [0, 0.05) is 38.3 Å². The number of benzene rings is 2. The second kappa shape index (κ2) is 11.9. The van der Waals surface area contributed by atoms with Crippen LogP contribution < -0.4 is 20.1 Å². The van der Waals surface area contributed by atoms with E-state index in [4.69, 9.17) is 9.47 Å². The van der Waals surface area contributed by atoms with Crippen molar-refractivity contribution >= 4 is 5.96 Å². The molecule has 0 saturated heterocycles. The molecule has 0 heterocycles. The van der Waals surface area contributed by atoms with Gasteiger partial charge < -0.3 is 25.0 Å². The number of ether oxygens (including phenoxy) is 2. The van der Waals surface area contributed by atoms with E-state index in [1.54, 1.807) is 21.3 Å². The standard InChI is InChI=1S/C22H32N4O2/c1-23-22(25-16-19-11-12-20(27-3)15-21(19)28-4)24-13-8-14-26(2)17-18-9-6-5-7-10-18/h5-7,9-12,15H,8,13-14,16-17H2,1-4H3,(H2,23,24,25). The molecule has 0 fully saturated rings. The molecule has 0 radical (unpaired) electrons. The molecule has 0 aliphatic rings. The second-order valence-electron chi connectivity index (χ2n) is 6.61. The van der Waals surface area contributed by atoms with Gasteiger partial charge in [0.25, 0.3) is 0 Å². The zero-order valence-corrected chi connectivity index (χ0v) is 17.4. The normalized spacial score (nSPS) is 11.4. The SMILES string of the molecule is CN=C(NCCCN(C)Cc1ccccc1)NCc1ccc(OC)cc1OC. The first kappa shape index (κ1) is 21.6. The lowest BCUT2D eigenvalue weighted by atomic mass is 10.2. The number of nitrogens with zero attached hydrogens (tertiary/aromatic N) is 2. The van der Waals surface area contributed by atoms with Crippen LogP contribution in [0.2, 0.25) is 0 Å². The molecule has 0 aromatic heterocycles. The highest BCUT2D eigenvalue weighted by Crippen LogP contribution is 2.24. The molecule has 2 aromatic carbocycles. The third kappa shape index (κ3) is 7.12. The van der Waals surface area contributed by atoms with Crippen molar-refractivity contribution < 1.29 is 9.47 Å². The zero-order chi connectivity index (χ0) is 20.2. The minimum atomic E-state index is 0.626. The van der Waals surface area contributed by atoms with Gasteiger partial charge in [0.15, 0.2) is 5.96 Å². The highest BCUT2D eigenvalue weighted by atomic mass is 16.5. The van der Waals surface area contributed by atoms with E-state index in [0.29, 0.717) is 6.54 Å². The van der Waals surface area contributed by atoms with E-state index in [-0.39, 0.29) is 0 Å². The van der Waals surface area contributed by atoms with E-state index < -0.39 is 0 Å². The molecule has 152 valence electrons. The summed E-state index contributed by atoms with van der Waals surface area (Å²) in [5.41, 5.74) is 2.39. The molecule has 2 aromatic rings. The summed E-state index contributed by atoms with van der Waals surface area (Å²) < 4.78 is 10.7. The maximum atomic E-state index is 5.44. The zero-order valence-electron chi connectivity index (χ0n) is 17.4. The van der Waals surface area contributed by atoms with Gasteiger partial charge in [0.05, 0.1) is 14.2 Å². The first-order valence-corrected chi connectivity index (χ1v) is 9.54. The Morgan fingerprint density at radius 3 is 2.50 bits per heavy atom. The van der Waals surface area contributed by atoms with Gasteiger partial charge in [0.1, 0.15) is 11.5 Å². The van der Waals surface area contributed by atoms with Crippen molar-refractivity contribution in [3.05, 3.63) is 59.7 Å². The van der Waals surface area contributed by atoms with Crippen molar-refractivity contribution in [1.29, 1.82) is 0 Å². The van der Waals surface area contributed by atoms with Gasteiger partial charge in [-0.2, -0.15) is 0 Å². The fraction of sp³-hybridized carbons (Fsp3) is 0.409. The van der Waals surface area contributed by atoms with Crippen molar-refractivity contribution in [3.8, 4) is 11.5 Å². The van der Waals surface area contributed by atoms with Crippen LogP contribution in [0.5, 0.6) is 11.5 Å². The molecule has 6 heteroatoms. The minimum Gasteiger partial charge on any atom is -0.497 e. The van der Waals surface area contributed by atoms with Crippen LogP contribution in [0, 0.1) is 0 Å². The number of rotatable bonds is 10. The van der Waals surface area contributed by atoms with E-state index in [1.807, 2.05) is 24.3 Å². The summed E-state index contributed by atoms with van der Waals surface area (Å²) in [6.07, 6.45) is 1.04. The maximum absolute atomic E-state index is 5.44. The Kier molecular flexibility index (Phi) is 9.15. The van der Waals surface area contributed by atoms with Crippen LogP contribution in [0.4, 0.5) is 0 Å². The summed E-state index contributed by atoms with van der Waals surface area (Å²) in [5.74, 6) is 2.36. The molecular weight excluding hydrogens is 352 g/mol. The van der Waals surface area contributed by atoms with Crippen LogP contribution in [-0.2, 0) is 13.1 Å². The molecule has 2 rings (SSSR count). The predicted molar refractivity (Wildman–Crippen MR) is 115 cm³/mol. The molecule has 0 unspecified atom stereocenters. The Morgan fingerprint density at radius 1 is 1.04 bits per heavy atom. The number of hydrogen-bond acceptors (Lipinski definition) is 4. The van der Waals surface area contributed by atoms with Crippen molar-refractivity contribution in [3.63, 3.8) is 0 Å². The van der Waals surface area contributed by atoms with Crippen LogP contribution >= 0.6 is 0 Å². The van der Waals surface area contributed by atoms with E-state index in [2.05, 4.69) is 51.8 Å². The van der Waals surface area contributed by atoms with Gasteiger partial charge in [-0.1, -0.05) is 30.3 Å². The summed E-state index contributed by atoms with van der Waals surface area (Å²) in [5, 5.41) is 6.70.